The first-order chi connectivity index (χ1) is 13.2. The molecular weight excluding hydrogens is 343 g/mol. The summed E-state index contributed by atoms with van der Waals surface area (Å²) < 4.78 is 13.6. The van der Waals surface area contributed by atoms with Crippen LogP contribution in [0.5, 0.6) is 0 Å². The molecule has 0 saturated heterocycles. The maximum atomic E-state index is 13.6. The molecule has 1 atom stereocenters. The molecule has 0 fully saturated rings. The normalized spacial score (nSPS) is 12.6. The van der Waals surface area contributed by atoms with Crippen LogP contribution in [-0.4, -0.2) is 24.9 Å². The highest BCUT2D eigenvalue weighted by atomic mass is 19.1. The highest BCUT2D eigenvalue weighted by Gasteiger charge is 2.16. The minimum Gasteiger partial charge on any atom is -0.362 e. The monoisotopic (exact) mass is 364 g/mol. The Morgan fingerprint density at radius 1 is 1.19 bits per heavy atom. The van der Waals surface area contributed by atoms with Gasteiger partial charge in [0.05, 0.1) is 17.9 Å². The molecule has 0 bridgehead atoms. The van der Waals surface area contributed by atoms with E-state index in [4.69, 9.17) is 4.98 Å². The molecule has 0 unspecified atom stereocenters. The van der Waals surface area contributed by atoms with Crippen molar-refractivity contribution in [3.05, 3.63) is 54.0 Å². The summed E-state index contributed by atoms with van der Waals surface area (Å²) in [5.74, 6) is 0.409. The van der Waals surface area contributed by atoms with Crippen molar-refractivity contribution in [2.45, 2.75) is 39.2 Å². The Labute approximate surface area is 156 Å². The number of aromatic nitrogens is 5. The summed E-state index contributed by atoms with van der Waals surface area (Å²) in [6, 6.07) is 6.79. The fourth-order valence-corrected chi connectivity index (χ4v) is 3.27. The van der Waals surface area contributed by atoms with Crippen molar-refractivity contribution in [3.8, 4) is 0 Å². The lowest BCUT2D eigenvalue weighted by molar-refractivity contribution is 0.629. The van der Waals surface area contributed by atoms with Crippen molar-refractivity contribution < 1.29 is 4.39 Å². The Hall–Kier alpha value is -3.09. The lowest BCUT2D eigenvalue weighted by Gasteiger charge is -2.19. The highest BCUT2D eigenvalue weighted by Crippen LogP contribution is 2.27. The van der Waals surface area contributed by atoms with E-state index in [1.807, 2.05) is 0 Å². The van der Waals surface area contributed by atoms with Crippen LogP contribution in [-0.2, 0) is 6.42 Å². The van der Waals surface area contributed by atoms with Crippen LogP contribution < -0.4 is 5.32 Å². The van der Waals surface area contributed by atoms with Crippen LogP contribution in [0, 0.1) is 5.82 Å². The minimum atomic E-state index is -0.266. The summed E-state index contributed by atoms with van der Waals surface area (Å²) in [5, 5.41) is 4.36. The third kappa shape index (κ3) is 3.45. The number of fused-ring (bicyclic) bond motifs is 2. The van der Waals surface area contributed by atoms with Crippen molar-refractivity contribution >= 4 is 27.9 Å². The highest BCUT2D eigenvalue weighted by molar-refractivity contribution is 5.83. The van der Waals surface area contributed by atoms with Crippen molar-refractivity contribution in [2.75, 3.05) is 5.32 Å². The number of rotatable bonds is 6. The van der Waals surface area contributed by atoms with E-state index in [1.54, 1.807) is 12.4 Å². The molecule has 138 valence electrons. The molecule has 0 saturated carbocycles. The van der Waals surface area contributed by atoms with E-state index in [-0.39, 0.29) is 11.9 Å². The molecule has 0 aliphatic carbocycles. The molecule has 3 aromatic heterocycles. The van der Waals surface area contributed by atoms with Gasteiger partial charge in [0.2, 0.25) is 0 Å². The average molecular weight is 364 g/mol. The number of anilines is 1. The number of halogens is 1. The lowest BCUT2D eigenvalue weighted by Crippen LogP contribution is -2.12. The van der Waals surface area contributed by atoms with Crippen LogP contribution in [0.4, 0.5) is 10.2 Å². The summed E-state index contributed by atoms with van der Waals surface area (Å²) in [6.45, 7) is 4.22. The summed E-state index contributed by atoms with van der Waals surface area (Å²) in [5.41, 5.74) is 4.16. The van der Waals surface area contributed by atoms with Gasteiger partial charge in [-0.05, 0) is 43.5 Å². The fourth-order valence-electron chi connectivity index (χ4n) is 3.27. The van der Waals surface area contributed by atoms with Gasteiger partial charge in [-0.1, -0.05) is 13.3 Å². The van der Waals surface area contributed by atoms with E-state index in [1.165, 1.54) is 18.5 Å². The second-order valence-electron chi connectivity index (χ2n) is 6.65. The number of aromatic amines is 1. The summed E-state index contributed by atoms with van der Waals surface area (Å²) in [6.07, 6.45) is 6.07. The average Bonchev–Trinajstić information content (AvgIpc) is 3.15. The van der Waals surface area contributed by atoms with Gasteiger partial charge in [0, 0.05) is 17.1 Å². The predicted octanol–water partition coefficient (Wildman–Crippen LogP) is 4.56. The zero-order chi connectivity index (χ0) is 18.8. The number of nitrogens with one attached hydrogen (secondary N) is 2. The second-order valence-corrected chi connectivity index (χ2v) is 6.65. The quantitative estimate of drug-likeness (QED) is 0.524. The number of unbranched alkanes of at least 4 members (excludes halogenated alkanes) is 1. The van der Waals surface area contributed by atoms with Crippen LogP contribution in [0.15, 0.2) is 36.9 Å². The van der Waals surface area contributed by atoms with E-state index in [2.05, 4.69) is 45.2 Å². The number of H-pyrrole nitrogens is 1. The smallest absolute Gasteiger partial charge is 0.162 e. The summed E-state index contributed by atoms with van der Waals surface area (Å²) >= 11 is 0. The summed E-state index contributed by atoms with van der Waals surface area (Å²) in [7, 11) is 0. The third-order valence-corrected chi connectivity index (χ3v) is 4.70. The van der Waals surface area contributed by atoms with Crippen molar-refractivity contribution in [3.63, 3.8) is 0 Å². The van der Waals surface area contributed by atoms with Crippen LogP contribution in [0.25, 0.3) is 22.1 Å². The van der Waals surface area contributed by atoms with Gasteiger partial charge in [-0.3, -0.25) is 4.98 Å². The number of pyridine rings is 1. The number of nitrogens with zero attached hydrogens (tertiary/aromatic N) is 4. The number of hydrogen-bond donors (Lipinski definition) is 2. The maximum Gasteiger partial charge on any atom is 0.162 e. The third-order valence-electron chi connectivity index (χ3n) is 4.70. The van der Waals surface area contributed by atoms with Gasteiger partial charge in [-0.2, -0.15) is 0 Å². The summed E-state index contributed by atoms with van der Waals surface area (Å²) in [4.78, 5) is 20.6. The van der Waals surface area contributed by atoms with Gasteiger partial charge in [-0.15, -0.1) is 0 Å². The van der Waals surface area contributed by atoms with Crippen molar-refractivity contribution in [1.29, 1.82) is 0 Å². The zero-order valence-electron chi connectivity index (χ0n) is 15.3. The molecule has 0 aliphatic rings. The Balaban J connectivity index is 1.73. The molecule has 0 spiro atoms. The van der Waals surface area contributed by atoms with Gasteiger partial charge in [0.1, 0.15) is 17.7 Å². The molecule has 1 aromatic carbocycles. The molecule has 3 heterocycles. The molecule has 0 amide bonds. The van der Waals surface area contributed by atoms with Crippen LogP contribution in [0.1, 0.15) is 44.0 Å². The molecular formula is C20H21FN6. The Morgan fingerprint density at radius 2 is 2.07 bits per heavy atom. The standard InChI is InChI=1S/C20H21FN6/c1-3-4-5-16-15(8-13-6-7-14(21)9-17(13)27-16)12(2)26-20-18-19(23-10-22-18)24-11-25-20/h6-12H,3-5H2,1-2H3,(H2,22,23,24,25,26)/t12-/m0/s1. The van der Waals surface area contributed by atoms with Gasteiger partial charge < -0.3 is 10.3 Å². The molecule has 0 radical (unpaired) electrons. The Kier molecular flexibility index (Phi) is 4.66. The molecule has 7 heteroatoms. The topological polar surface area (TPSA) is 79.4 Å². The Morgan fingerprint density at radius 3 is 2.93 bits per heavy atom. The van der Waals surface area contributed by atoms with Crippen molar-refractivity contribution in [2.24, 2.45) is 0 Å². The van der Waals surface area contributed by atoms with E-state index in [9.17, 15) is 4.39 Å². The predicted molar refractivity (Wildman–Crippen MR) is 104 cm³/mol. The molecule has 6 nitrogen and oxygen atoms in total. The minimum absolute atomic E-state index is 0.0337. The first kappa shape index (κ1) is 17.3. The molecule has 27 heavy (non-hydrogen) atoms. The molecule has 4 aromatic rings. The van der Waals surface area contributed by atoms with Crippen molar-refractivity contribution in [1.82, 2.24) is 24.9 Å². The van der Waals surface area contributed by atoms with E-state index in [0.717, 1.165) is 35.9 Å². The van der Waals surface area contributed by atoms with E-state index in [0.29, 0.717) is 22.5 Å². The molecule has 2 N–H and O–H groups in total. The van der Waals surface area contributed by atoms with Gasteiger partial charge in [0.15, 0.2) is 11.5 Å². The number of hydrogen-bond acceptors (Lipinski definition) is 5. The van der Waals surface area contributed by atoms with Crippen LogP contribution in [0.2, 0.25) is 0 Å². The lowest BCUT2D eigenvalue weighted by atomic mass is 10.00. The molecule has 0 aliphatic heterocycles. The molecule has 4 rings (SSSR count). The first-order valence-electron chi connectivity index (χ1n) is 9.15. The van der Waals surface area contributed by atoms with Gasteiger partial charge in [0.25, 0.3) is 0 Å². The maximum absolute atomic E-state index is 13.6. The SMILES string of the molecule is CCCCc1nc2cc(F)ccc2cc1[C@H](C)Nc1ncnc2[nH]cnc12. The van der Waals surface area contributed by atoms with Gasteiger partial charge >= 0.3 is 0 Å². The van der Waals surface area contributed by atoms with Crippen LogP contribution >= 0.6 is 0 Å². The number of benzene rings is 1. The van der Waals surface area contributed by atoms with Gasteiger partial charge in [-0.25, -0.2) is 19.3 Å². The number of aryl methyl sites for hydroxylation is 1. The van der Waals surface area contributed by atoms with Crippen LogP contribution in [0.3, 0.4) is 0 Å². The van der Waals surface area contributed by atoms with E-state index < -0.39 is 0 Å². The number of imidazole rings is 1. The van der Waals surface area contributed by atoms with E-state index >= 15 is 0 Å². The largest absolute Gasteiger partial charge is 0.362 e. The fraction of sp³-hybridized carbons (Fsp3) is 0.300. The zero-order valence-corrected chi connectivity index (χ0v) is 15.3. The Bertz CT molecular complexity index is 1090. The second kappa shape index (κ2) is 7.26. The first-order valence-corrected chi connectivity index (χ1v) is 9.15.